The lowest BCUT2D eigenvalue weighted by molar-refractivity contribution is 0.0917. The molecule has 2 heterocycles. The Morgan fingerprint density at radius 2 is 2.08 bits per heavy atom. The molecule has 6 nitrogen and oxygen atoms in total. The molecule has 0 spiro atoms. The number of H-pyrrole nitrogens is 2. The number of carbonyl (C=O) groups is 1. The predicted octanol–water partition coefficient (Wildman–Crippen LogP) is 2.90. The van der Waals surface area contributed by atoms with Gasteiger partial charge in [0.25, 0.3) is 5.91 Å². The Labute approximate surface area is 140 Å². The lowest BCUT2D eigenvalue weighted by Gasteiger charge is -2.20. The number of aromatic amines is 2. The number of fused-ring (bicyclic) bond motifs is 2. The van der Waals surface area contributed by atoms with E-state index in [1.165, 1.54) is 0 Å². The summed E-state index contributed by atoms with van der Waals surface area (Å²) in [5.74, 6) is 0.863. The highest BCUT2D eigenvalue weighted by atomic mass is 16.2. The molecule has 0 aliphatic heterocycles. The van der Waals surface area contributed by atoms with Gasteiger partial charge < -0.3 is 10.3 Å². The van der Waals surface area contributed by atoms with Gasteiger partial charge in [-0.15, -0.1) is 0 Å². The van der Waals surface area contributed by atoms with Gasteiger partial charge in [0, 0.05) is 11.3 Å². The quantitative estimate of drug-likeness (QED) is 0.690. The number of benzene rings is 1. The average Bonchev–Trinajstić information content (AvgIpc) is 3.25. The van der Waals surface area contributed by atoms with Crippen LogP contribution in [0.4, 0.5) is 0 Å². The molecular weight excluding hydrogens is 302 g/mol. The van der Waals surface area contributed by atoms with Crippen LogP contribution in [0, 0.1) is 5.92 Å². The Balaban J connectivity index is 1.62. The Morgan fingerprint density at radius 1 is 1.25 bits per heavy atom. The zero-order valence-corrected chi connectivity index (χ0v) is 13.9. The Hall–Kier alpha value is -2.63. The van der Waals surface area contributed by atoms with Gasteiger partial charge in [-0.1, -0.05) is 26.0 Å². The maximum Gasteiger partial charge on any atom is 0.272 e. The largest absolute Gasteiger partial charge is 0.340 e. The number of aromatic nitrogens is 4. The van der Waals surface area contributed by atoms with Gasteiger partial charge in [-0.25, -0.2) is 4.98 Å². The van der Waals surface area contributed by atoms with Crippen molar-refractivity contribution in [2.45, 2.75) is 39.2 Å². The summed E-state index contributed by atoms with van der Waals surface area (Å²) in [6.07, 6.45) is 2.99. The van der Waals surface area contributed by atoms with Crippen LogP contribution in [-0.2, 0) is 12.8 Å². The predicted molar refractivity (Wildman–Crippen MR) is 91.8 cm³/mol. The van der Waals surface area contributed by atoms with E-state index >= 15 is 0 Å². The summed E-state index contributed by atoms with van der Waals surface area (Å²) in [6.45, 7) is 4.15. The van der Waals surface area contributed by atoms with E-state index in [1.54, 1.807) is 0 Å². The Bertz CT molecular complexity index is 859. The molecule has 3 N–H and O–H groups in total. The van der Waals surface area contributed by atoms with Crippen LogP contribution >= 0.6 is 0 Å². The first-order valence-corrected chi connectivity index (χ1v) is 8.45. The first-order valence-electron chi connectivity index (χ1n) is 8.45. The summed E-state index contributed by atoms with van der Waals surface area (Å²) in [7, 11) is 0. The Morgan fingerprint density at radius 3 is 2.88 bits per heavy atom. The van der Waals surface area contributed by atoms with Crippen molar-refractivity contribution in [2.75, 3.05) is 0 Å². The normalized spacial score (nSPS) is 15.0. The van der Waals surface area contributed by atoms with Gasteiger partial charge >= 0.3 is 0 Å². The molecule has 2 aromatic heterocycles. The molecule has 1 aromatic carbocycles. The zero-order chi connectivity index (χ0) is 16.7. The highest BCUT2D eigenvalue weighted by Crippen LogP contribution is 2.25. The number of nitrogens with zero attached hydrogens (tertiary/aromatic N) is 2. The Kier molecular flexibility index (Phi) is 3.59. The number of aryl methyl sites for hydroxylation is 1. The van der Waals surface area contributed by atoms with Crippen molar-refractivity contribution in [3.05, 3.63) is 47.0 Å². The van der Waals surface area contributed by atoms with E-state index in [0.717, 1.165) is 47.4 Å². The third-order valence-corrected chi connectivity index (χ3v) is 4.68. The standard InChI is InChI=1S/C18H21N5O/c1-10(2)15(17-19-13-7-3-4-8-14(13)20-17)21-18(24)16-11-6-5-9-12(11)22-23-16/h3-4,7-8,10,15H,5-6,9H2,1-2H3,(H,19,20)(H,21,24)(H,22,23)/t15-/m1/s1. The minimum atomic E-state index is -0.182. The van der Waals surface area contributed by atoms with Crippen molar-refractivity contribution in [2.24, 2.45) is 5.92 Å². The van der Waals surface area contributed by atoms with Crippen molar-refractivity contribution < 1.29 is 4.79 Å². The van der Waals surface area contributed by atoms with Crippen LogP contribution in [0.15, 0.2) is 24.3 Å². The molecule has 0 unspecified atom stereocenters. The minimum Gasteiger partial charge on any atom is -0.340 e. The highest BCUT2D eigenvalue weighted by Gasteiger charge is 2.27. The number of para-hydroxylation sites is 2. The summed E-state index contributed by atoms with van der Waals surface area (Å²) >= 11 is 0. The number of hydrogen-bond donors (Lipinski definition) is 3. The fraction of sp³-hybridized carbons (Fsp3) is 0.389. The van der Waals surface area contributed by atoms with Crippen LogP contribution in [0.3, 0.4) is 0 Å². The van der Waals surface area contributed by atoms with E-state index in [0.29, 0.717) is 5.69 Å². The van der Waals surface area contributed by atoms with Gasteiger partial charge in [0.1, 0.15) is 5.82 Å². The maximum absolute atomic E-state index is 12.7. The second-order valence-electron chi connectivity index (χ2n) is 6.72. The van der Waals surface area contributed by atoms with Gasteiger partial charge in [-0.05, 0) is 37.3 Å². The highest BCUT2D eigenvalue weighted by molar-refractivity contribution is 5.94. The van der Waals surface area contributed by atoms with E-state index < -0.39 is 0 Å². The van der Waals surface area contributed by atoms with Gasteiger partial charge in [-0.2, -0.15) is 5.10 Å². The van der Waals surface area contributed by atoms with Crippen molar-refractivity contribution in [3.63, 3.8) is 0 Å². The molecule has 1 aliphatic carbocycles. The van der Waals surface area contributed by atoms with E-state index in [-0.39, 0.29) is 17.9 Å². The minimum absolute atomic E-state index is 0.131. The number of amides is 1. The zero-order valence-electron chi connectivity index (χ0n) is 13.9. The summed E-state index contributed by atoms with van der Waals surface area (Å²) in [4.78, 5) is 20.7. The molecule has 24 heavy (non-hydrogen) atoms. The third-order valence-electron chi connectivity index (χ3n) is 4.68. The number of imidazole rings is 1. The monoisotopic (exact) mass is 323 g/mol. The fourth-order valence-electron chi connectivity index (χ4n) is 3.39. The molecule has 0 saturated heterocycles. The van der Waals surface area contributed by atoms with E-state index in [4.69, 9.17) is 0 Å². The first-order chi connectivity index (χ1) is 11.6. The topological polar surface area (TPSA) is 86.5 Å². The third kappa shape index (κ3) is 2.48. The van der Waals surface area contributed by atoms with Crippen molar-refractivity contribution >= 4 is 16.9 Å². The molecular formula is C18H21N5O. The van der Waals surface area contributed by atoms with Crippen LogP contribution in [-0.4, -0.2) is 26.1 Å². The second kappa shape index (κ2) is 5.78. The van der Waals surface area contributed by atoms with Gasteiger partial charge in [0.2, 0.25) is 0 Å². The van der Waals surface area contributed by atoms with Crippen LogP contribution in [0.25, 0.3) is 11.0 Å². The maximum atomic E-state index is 12.7. The average molecular weight is 323 g/mol. The molecule has 4 rings (SSSR count). The number of nitrogens with one attached hydrogen (secondary N) is 3. The lowest BCUT2D eigenvalue weighted by Crippen LogP contribution is -2.33. The molecule has 0 fully saturated rings. The van der Waals surface area contributed by atoms with Crippen molar-refractivity contribution in [1.82, 2.24) is 25.5 Å². The van der Waals surface area contributed by atoms with Crippen LogP contribution in [0.5, 0.6) is 0 Å². The summed E-state index contributed by atoms with van der Waals surface area (Å²) < 4.78 is 0. The fourth-order valence-corrected chi connectivity index (χ4v) is 3.39. The number of rotatable bonds is 4. The molecule has 0 bridgehead atoms. The summed E-state index contributed by atoms with van der Waals surface area (Å²) in [6, 6.07) is 7.71. The van der Waals surface area contributed by atoms with Crippen LogP contribution < -0.4 is 5.32 Å². The summed E-state index contributed by atoms with van der Waals surface area (Å²) in [5, 5.41) is 10.3. The number of hydrogen-bond acceptors (Lipinski definition) is 3. The molecule has 1 amide bonds. The van der Waals surface area contributed by atoms with Crippen molar-refractivity contribution in [3.8, 4) is 0 Å². The van der Waals surface area contributed by atoms with Crippen LogP contribution in [0.1, 0.15) is 53.9 Å². The SMILES string of the molecule is CC(C)[C@@H](NC(=O)c1n[nH]c2c1CCC2)c1nc2ccccc2[nH]1. The molecule has 1 aliphatic rings. The second-order valence-corrected chi connectivity index (χ2v) is 6.72. The van der Waals surface area contributed by atoms with E-state index in [1.807, 2.05) is 24.3 Å². The molecule has 1 atom stereocenters. The van der Waals surface area contributed by atoms with Crippen LogP contribution in [0.2, 0.25) is 0 Å². The van der Waals surface area contributed by atoms with E-state index in [2.05, 4.69) is 39.3 Å². The van der Waals surface area contributed by atoms with Gasteiger partial charge in [0.05, 0.1) is 17.1 Å². The smallest absolute Gasteiger partial charge is 0.272 e. The molecule has 6 heteroatoms. The summed E-state index contributed by atoms with van der Waals surface area (Å²) in [5.41, 5.74) is 4.59. The molecule has 3 aromatic rings. The molecule has 124 valence electrons. The van der Waals surface area contributed by atoms with E-state index in [9.17, 15) is 4.79 Å². The van der Waals surface area contributed by atoms with Crippen molar-refractivity contribution in [1.29, 1.82) is 0 Å². The first kappa shape index (κ1) is 14.9. The molecule has 0 saturated carbocycles. The number of carbonyl (C=O) groups excluding carboxylic acids is 1. The van der Waals surface area contributed by atoms with Gasteiger partial charge in [0.15, 0.2) is 5.69 Å². The lowest BCUT2D eigenvalue weighted by atomic mass is 10.0. The molecule has 0 radical (unpaired) electrons. The van der Waals surface area contributed by atoms with Gasteiger partial charge in [-0.3, -0.25) is 9.89 Å².